The van der Waals surface area contributed by atoms with Crippen LogP contribution >= 0.6 is 0 Å². The summed E-state index contributed by atoms with van der Waals surface area (Å²) in [5.41, 5.74) is 4.03. The molecular weight excluding hydrogens is 228 g/mol. The van der Waals surface area contributed by atoms with Crippen LogP contribution in [0.5, 0.6) is 0 Å². The Kier molecular flexibility index (Phi) is 7.97. The largest absolute Gasteiger partial charge is 0.0839 e. The van der Waals surface area contributed by atoms with Crippen LogP contribution in [0.4, 0.5) is 0 Å². The summed E-state index contributed by atoms with van der Waals surface area (Å²) >= 11 is 0. The Morgan fingerprint density at radius 2 is 1.53 bits per heavy atom. The second-order valence-electron chi connectivity index (χ2n) is 5.21. The molecular formula is C19H28. The predicted molar refractivity (Wildman–Crippen MR) is 88.3 cm³/mol. The zero-order chi connectivity index (χ0) is 13.9. The van der Waals surface area contributed by atoms with E-state index in [0.717, 1.165) is 0 Å². The normalized spacial score (nSPS) is 11.7. The molecule has 0 unspecified atom stereocenters. The van der Waals surface area contributed by atoms with Gasteiger partial charge < -0.3 is 0 Å². The van der Waals surface area contributed by atoms with Gasteiger partial charge in [0.15, 0.2) is 0 Å². The van der Waals surface area contributed by atoms with E-state index in [0.29, 0.717) is 0 Å². The number of benzene rings is 1. The molecule has 0 saturated carbocycles. The lowest BCUT2D eigenvalue weighted by atomic mass is 10.0. The van der Waals surface area contributed by atoms with Gasteiger partial charge in [-0.15, -0.1) is 0 Å². The number of hydrogen-bond donors (Lipinski definition) is 0. The molecule has 0 atom stereocenters. The lowest BCUT2D eigenvalue weighted by Gasteiger charge is -2.02. The zero-order valence-corrected chi connectivity index (χ0v) is 12.8. The predicted octanol–water partition coefficient (Wildman–Crippen LogP) is 6.40. The van der Waals surface area contributed by atoms with E-state index < -0.39 is 0 Å². The number of rotatable bonds is 8. The summed E-state index contributed by atoms with van der Waals surface area (Å²) in [5.74, 6) is 0. The molecule has 0 aliphatic heterocycles. The summed E-state index contributed by atoms with van der Waals surface area (Å²) in [5, 5.41) is 0. The van der Waals surface area contributed by atoms with Crippen LogP contribution in [0, 0.1) is 6.92 Å². The van der Waals surface area contributed by atoms with E-state index in [1.807, 2.05) is 0 Å². The van der Waals surface area contributed by atoms with Crippen molar-refractivity contribution in [2.45, 2.75) is 59.3 Å². The molecule has 0 amide bonds. The Morgan fingerprint density at radius 1 is 0.895 bits per heavy atom. The lowest BCUT2D eigenvalue weighted by Crippen LogP contribution is -1.82. The second kappa shape index (κ2) is 9.61. The summed E-state index contributed by atoms with van der Waals surface area (Å²) in [4.78, 5) is 0. The molecule has 0 radical (unpaired) electrons. The quantitative estimate of drug-likeness (QED) is 0.472. The van der Waals surface area contributed by atoms with Crippen molar-refractivity contribution in [2.24, 2.45) is 0 Å². The van der Waals surface area contributed by atoms with Crippen molar-refractivity contribution in [1.82, 2.24) is 0 Å². The van der Waals surface area contributed by atoms with E-state index in [9.17, 15) is 0 Å². The Labute approximate surface area is 119 Å². The highest BCUT2D eigenvalue weighted by Gasteiger charge is 1.95. The van der Waals surface area contributed by atoms with Crippen LogP contribution in [0.3, 0.4) is 0 Å². The number of hydrogen-bond acceptors (Lipinski definition) is 0. The molecule has 0 aromatic heterocycles. The van der Waals surface area contributed by atoms with Gasteiger partial charge in [-0.25, -0.2) is 0 Å². The van der Waals surface area contributed by atoms with E-state index in [2.05, 4.69) is 63.3 Å². The van der Waals surface area contributed by atoms with Gasteiger partial charge in [0.05, 0.1) is 0 Å². The molecule has 0 spiro atoms. The third-order valence-corrected chi connectivity index (χ3v) is 3.36. The summed E-state index contributed by atoms with van der Waals surface area (Å²) in [6, 6.07) is 6.72. The van der Waals surface area contributed by atoms with E-state index in [-0.39, 0.29) is 0 Å². The maximum atomic E-state index is 2.30. The molecule has 19 heavy (non-hydrogen) atoms. The SMILES string of the molecule is CCCC/C=C/c1ccc(C)c(/C=C/CCCC)c1. The van der Waals surface area contributed by atoms with Gasteiger partial charge in [0.2, 0.25) is 0 Å². The molecule has 0 bridgehead atoms. The van der Waals surface area contributed by atoms with Gasteiger partial charge in [-0.05, 0) is 42.5 Å². The molecule has 0 nitrogen and oxygen atoms in total. The van der Waals surface area contributed by atoms with Crippen LogP contribution in [-0.2, 0) is 0 Å². The molecule has 0 N–H and O–H groups in total. The number of allylic oxidation sites excluding steroid dienone is 2. The summed E-state index contributed by atoms with van der Waals surface area (Å²) in [6.07, 6.45) is 16.6. The minimum atomic E-state index is 1.19. The average molecular weight is 256 g/mol. The van der Waals surface area contributed by atoms with Crippen molar-refractivity contribution in [3.05, 3.63) is 47.0 Å². The zero-order valence-electron chi connectivity index (χ0n) is 12.8. The minimum absolute atomic E-state index is 1.19. The number of unbranched alkanes of at least 4 members (excludes halogenated alkanes) is 4. The molecule has 0 aliphatic carbocycles. The smallest absolute Gasteiger partial charge is 0.0225 e. The first kappa shape index (κ1) is 15.8. The highest BCUT2D eigenvalue weighted by atomic mass is 14.0. The molecule has 1 rings (SSSR count). The maximum Gasteiger partial charge on any atom is -0.0225 e. The van der Waals surface area contributed by atoms with Crippen molar-refractivity contribution in [3.8, 4) is 0 Å². The fraction of sp³-hybridized carbons (Fsp3) is 0.474. The highest BCUT2D eigenvalue weighted by Crippen LogP contribution is 2.15. The van der Waals surface area contributed by atoms with E-state index in [4.69, 9.17) is 0 Å². The van der Waals surface area contributed by atoms with Crippen molar-refractivity contribution in [1.29, 1.82) is 0 Å². The fourth-order valence-corrected chi connectivity index (χ4v) is 2.02. The molecule has 0 saturated heterocycles. The van der Waals surface area contributed by atoms with Crippen LogP contribution in [0.25, 0.3) is 12.2 Å². The van der Waals surface area contributed by atoms with E-state index in [1.54, 1.807) is 0 Å². The van der Waals surface area contributed by atoms with Crippen LogP contribution < -0.4 is 0 Å². The molecule has 0 fully saturated rings. The molecule has 104 valence electrons. The minimum Gasteiger partial charge on any atom is -0.0839 e. The maximum absolute atomic E-state index is 2.30. The standard InChI is InChI=1S/C19H28/c1-4-6-8-10-12-18-15-14-17(3)19(16-18)13-11-9-7-5-2/h10-16H,4-9H2,1-3H3/b12-10+,13-11+. The third-order valence-electron chi connectivity index (χ3n) is 3.36. The van der Waals surface area contributed by atoms with E-state index in [1.165, 1.54) is 55.2 Å². The first-order valence-electron chi connectivity index (χ1n) is 7.71. The Morgan fingerprint density at radius 3 is 2.16 bits per heavy atom. The van der Waals surface area contributed by atoms with Crippen molar-refractivity contribution >= 4 is 12.2 Å². The van der Waals surface area contributed by atoms with Gasteiger partial charge in [0.1, 0.15) is 0 Å². The van der Waals surface area contributed by atoms with Gasteiger partial charge >= 0.3 is 0 Å². The summed E-state index contributed by atoms with van der Waals surface area (Å²) in [7, 11) is 0. The molecule has 1 aromatic carbocycles. The Bertz CT molecular complexity index is 410. The molecule has 1 aromatic rings. The van der Waals surface area contributed by atoms with Gasteiger partial charge in [0.25, 0.3) is 0 Å². The fourth-order valence-electron chi connectivity index (χ4n) is 2.02. The van der Waals surface area contributed by atoms with Crippen molar-refractivity contribution in [3.63, 3.8) is 0 Å². The van der Waals surface area contributed by atoms with Gasteiger partial charge in [0, 0.05) is 0 Å². The topological polar surface area (TPSA) is 0 Å². The molecule has 0 heterocycles. The van der Waals surface area contributed by atoms with Crippen LogP contribution in [-0.4, -0.2) is 0 Å². The highest BCUT2D eigenvalue weighted by molar-refractivity contribution is 5.60. The first-order chi connectivity index (χ1) is 9.27. The summed E-state index contributed by atoms with van der Waals surface area (Å²) in [6.45, 7) is 6.66. The lowest BCUT2D eigenvalue weighted by molar-refractivity contribution is 0.816. The van der Waals surface area contributed by atoms with E-state index >= 15 is 0 Å². The van der Waals surface area contributed by atoms with Gasteiger partial charge in [-0.1, -0.05) is 76.0 Å². The van der Waals surface area contributed by atoms with Gasteiger partial charge in [-0.3, -0.25) is 0 Å². The molecule has 0 heteroatoms. The van der Waals surface area contributed by atoms with Crippen LogP contribution in [0.15, 0.2) is 30.4 Å². The molecule has 0 aliphatic rings. The second-order valence-corrected chi connectivity index (χ2v) is 5.21. The Hall–Kier alpha value is -1.30. The first-order valence-corrected chi connectivity index (χ1v) is 7.71. The number of aryl methyl sites for hydroxylation is 1. The van der Waals surface area contributed by atoms with Crippen LogP contribution in [0.1, 0.15) is 69.1 Å². The van der Waals surface area contributed by atoms with Crippen LogP contribution in [0.2, 0.25) is 0 Å². The van der Waals surface area contributed by atoms with Crippen molar-refractivity contribution in [2.75, 3.05) is 0 Å². The average Bonchev–Trinajstić information content (AvgIpc) is 2.42. The summed E-state index contributed by atoms with van der Waals surface area (Å²) < 4.78 is 0. The third kappa shape index (κ3) is 6.42. The van der Waals surface area contributed by atoms with Gasteiger partial charge in [-0.2, -0.15) is 0 Å². The monoisotopic (exact) mass is 256 g/mol. The van der Waals surface area contributed by atoms with Crippen molar-refractivity contribution < 1.29 is 0 Å². The Balaban J connectivity index is 2.65.